The van der Waals surface area contributed by atoms with Gasteiger partial charge in [-0.3, -0.25) is 9.59 Å². The number of carbonyl (C=O) groups excluding carboxylic acids is 2. The Morgan fingerprint density at radius 1 is 1.29 bits per heavy atom. The number of piperidine rings is 1. The van der Waals surface area contributed by atoms with Gasteiger partial charge in [0.15, 0.2) is 11.6 Å². The minimum Gasteiger partial charge on any atom is -0.455 e. The molecule has 0 radical (unpaired) electrons. The van der Waals surface area contributed by atoms with Gasteiger partial charge in [-0.2, -0.15) is 4.31 Å². The van der Waals surface area contributed by atoms with Crippen molar-refractivity contribution in [2.45, 2.75) is 50.6 Å². The van der Waals surface area contributed by atoms with E-state index in [1.165, 1.54) is 10.5 Å². The summed E-state index contributed by atoms with van der Waals surface area (Å²) in [5.74, 6) is 0.0175. The Hall–Kier alpha value is -1.94. The number of hydrogen-bond acceptors (Lipinski definition) is 6. The molecule has 0 aromatic carbocycles. The first-order chi connectivity index (χ1) is 13.2. The van der Waals surface area contributed by atoms with Crippen LogP contribution < -0.4 is 5.32 Å². The molecule has 3 rings (SSSR count). The van der Waals surface area contributed by atoms with Crippen LogP contribution in [0.15, 0.2) is 11.2 Å². The molecule has 0 bridgehead atoms. The van der Waals surface area contributed by atoms with Crippen LogP contribution in [0, 0.1) is 18.8 Å². The highest BCUT2D eigenvalue weighted by Crippen LogP contribution is 2.32. The minimum atomic E-state index is -3.67. The highest BCUT2D eigenvalue weighted by atomic mass is 32.2. The molecule has 1 unspecified atom stereocenters. The standard InChI is InChI=1S/C18H28N4O5S/c1-12(14-4-5-14)19-16(23)11-27-18(24)15-6-8-22(9-7-15)28(25,26)17-10-21(3)13(2)20-17/h10,12,14-15H,4-9,11H2,1-3H3,(H,19,23). The first-order valence-corrected chi connectivity index (χ1v) is 11.1. The lowest BCUT2D eigenvalue weighted by atomic mass is 9.98. The van der Waals surface area contributed by atoms with Gasteiger partial charge in [-0.1, -0.05) is 0 Å². The van der Waals surface area contributed by atoms with Crippen molar-refractivity contribution in [1.29, 1.82) is 0 Å². The molecule has 2 heterocycles. The summed E-state index contributed by atoms with van der Waals surface area (Å²) in [7, 11) is -1.93. The highest BCUT2D eigenvalue weighted by molar-refractivity contribution is 7.89. The molecule has 156 valence electrons. The fourth-order valence-electron chi connectivity index (χ4n) is 3.38. The Morgan fingerprint density at radius 3 is 2.46 bits per heavy atom. The van der Waals surface area contributed by atoms with Gasteiger partial charge in [0, 0.05) is 32.4 Å². The second-order valence-corrected chi connectivity index (χ2v) is 9.60. The van der Waals surface area contributed by atoms with Gasteiger partial charge >= 0.3 is 5.97 Å². The molecule has 0 spiro atoms. The smallest absolute Gasteiger partial charge is 0.309 e. The molecule has 2 fully saturated rings. The maximum absolute atomic E-state index is 12.7. The van der Waals surface area contributed by atoms with Crippen molar-refractivity contribution in [3.8, 4) is 0 Å². The van der Waals surface area contributed by atoms with Gasteiger partial charge in [0.05, 0.1) is 5.92 Å². The maximum atomic E-state index is 12.7. The summed E-state index contributed by atoms with van der Waals surface area (Å²) in [4.78, 5) is 28.2. The van der Waals surface area contributed by atoms with E-state index in [1.807, 2.05) is 6.92 Å². The Balaban J connectivity index is 1.46. The van der Waals surface area contributed by atoms with Gasteiger partial charge in [-0.15, -0.1) is 0 Å². The number of rotatable bonds is 7. The number of nitrogens with one attached hydrogen (secondary N) is 1. The third-order valence-electron chi connectivity index (χ3n) is 5.54. The van der Waals surface area contributed by atoms with E-state index in [0.717, 1.165) is 12.8 Å². The van der Waals surface area contributed by atoms with E-state index < -0.39 is 21.9 Å². The maximum Gasteiger partial charge on any atom is 0.309 e. The number of imidazole rings is 1. The van der Waals surface area contributed by atoms with E-state index in [0.29, 0.717) is 24.6 Å². The lowest BCUT2D eigenvalue weighted by Crippen LogP contribution is -2.41. The molecule has 1 saturated heterocycles. The number of esters is 1. The Kier molecular flexibility index (Phi) is 6.09. The van der Waals surface area contributed by atoms with E-state index in [4.69, 9.17) is 4.74 Å². The number of carbonyl (C=O) groups is 2. The topological polar surface area (TPSA) is 111 Å². The molecule has 1 atom stereocenters. The van der Waals surface area contributed by atoms with Crippen molar-refractivity contribution in [3.63, 3.8) is 0 Å². The van der Waals surface area contributed by atoms with Crippen molar-refractivity contribution in [2.24, 2.45) is 18.9 Å². The van der Waals surface area contributed by atoms with Crippen LogP contribution >= 0.6 is 0 Å². The summed E-state index contributed by atoms with van der Waals surface area (Å²) < 4.78 is 33.5. The lowest BCUT2D eigenvalue weighted by Gasteiger charge is -2.29. The van der Waals surface area contributed by atoms with Crippen LogP contribution in [0.25, 0.3) is 0 Å². The molecule has 10 heteroatoms. The number of aryl methyl sites for hydroxylation is 2. The Labute approximate surface area is 165 Å². The average Bonchev–Trinajstić information content (AvgIpc) is 3.45. The third-order valence-corrected chi connectivity index (χ3v) is 7.31. The average molecular weight is 413 g/mol. The summed E-state index contributed by atoms with van der Waals surface area (Å²) in [6.45, 7) is 3.85. The fraction of sp³-hybridized carbons (Fsp3) is 0.722. The zero-order chi connectivity index (χ0) is 20.5. The zero-order valence-electron chi connectivity index (χ0n) is 16.6. The predicted octanol–water partition coefficient (Wildman–Crippen LogP) is 0.587. The predicted molar refractivity (Wildman–Crippen MR) is 101 cm³/mol. The van der Waals surface area contributed by atoms with Crippen LogP contribution in [0.4, 0.5) is 0 Å². The monoisotopic (exact) mass is 412 g/mol. The summed E-state index contributed by atoms with van der Waals surface area (Å²) in [5.41, 5.74) is 0. The summed E-state index contributed by atoms with van der Waals surface area (Å²) >= 11 is 0. The molecule has 1 aromatic heterocycles. The number of sulfonamides is 1. The minimum absolute atomic E-state index is 0.0231. The van der Waals surface area contributed by atoms with E-state index >= 15 is 0 Å². The van der Waals surface area contributed by atoms with E-state index in [1.54, 1.807) is 18.5 Å². The van der Waals surface area contributed by atoms with E-state index in [2.05, 4.69) is 10.3 Å². The van der Waals surface area contributed by atoms with Crippen LogP contribution in [-0.4, -0.2) is 59.9 Å². The molecule has 28 heavy (non-hydrogen) atoms. The van der Waals surface area contributed by atoms with Crippen molar-refractivity contribution in [3.05, 3.63) is 12.0 Å². The molecule has 1 aliphatic heterocycles. The quantitative estimate of drug-likeness (QED) is 0.656. The number of aromatic nitrogens is 2. The molecule has 1 aromatic rings. The molecular weight excluding hydrogens is 384 g/mol. The molecule has 9 nitrogen and oxygen atoms in total. The Bertz CT molecular complexity index is 819. The summed E-state index contributed by atoms with van der Waals surface area (Å²) in [6.07, 6.45) is 4.47. The Morgan fingerprint density at radius 2 is 1.93 bits per heavy atom. The van der Waals surface area contributed by atoms with Crippen LogP contribution in [0.5, 0.6) is 0 Å². The largest absolute Gasteiger partial charge is 0.455 e. The normalized spacial score (nSPS) is 20.0. The first-order valence-electron chi connectivity index (χ1n) is 9.64. The van der Waals surface area contributed by atoms with Crippen LogP contribution in [0.3, 0.4) is 0 Å². The molecular formula is C18H28N4O5S. The number of nitrogens with zero attached hydrogens (tertiary/aromatic N) is 3. The van der Waals surface area contributed by atoms with Crippen molar-refractivity contribution >= 4 is 21.9 Å². The lowest BCUT2D eigenvalue weighted by molar-refractivity contribution is -0.153. The molecule has 1 aliphatic carbocycles. The molecule has 2 aliphatic rings. The number of hydrogen-bond donors (Lipinski definition) is 1. The van der Waals surface area contributed by atoms with Gasteiger partial charge in [0.2, 0.25) is 0 Å². The van der Waals surface area contributed by atoms with Gasteiger partial charge in [0.1, 0.15) is 5.82 Å². The highest BCUT2D eigenvalue weighted by Gasteiger charge is 2.34. The van der Waals surface area contributed by atoms with Crippen LogP contribution in [-0.2, 0) is 31.4 Å². The zero-order valence-corrected chi connectivity index (χ0v) is 17.4. The van der Waals surface area contributed by atoms with Crippen LogP contribution in [0.1, 0.15) is 38.4 Å². The third kappa shape index (κ3) is 4.72. The SMILES string of the molecule is Cc1nc(S(=O)(=O)N2CCC(C(=O)OCC(=O)NC(C)C3CC3)CC2)cn1C. The summed E-state index contributed by atoms with van der Waals surface area (Å²) in [5, 5.41) is 2.86. The van der Waals surface area contributed by atoms with Gasteiger partial charge < -0.3 is 14.6 Å². The van der Waals surface area contributed by atoms with E-state index in [-0.39, 0.29) is 36.7 Å². The van der Waals surface area contributed by atoms with Crippen molar-refractivity contribution < 1.29 is 22.7 Å². The molecule has 1 N–H and O–H groups in total. The molecule has 1 amide bonds. The van der Waals surface area contributed by atoms with Crippen molar-refractivity contribution in [2.75, 3.05) is 19.7 Å². The number of ether oxygens (including phenoxy) is 1. The van der Waals surface area contributed by atoms with Gasteiger partial charge in [0.25, 0.3) is 15.9 Å². The fourth-order valence-corrected chi connectivity index (χ4v) is 4.87. The first kappa shape index (κ1) is 20.8. The van der Waals surface area contributed by atoms with E-state index in [9.17, 15) is 18.0 Å². The van der Waals surface area contributed by atoms with Gasteiger partial charge in [-0.05, 0) is 45.4 Å². The second kappa shape index (κ2) is 8.20. The second-order valence-electron chi connectivity index (χ2n) is 7.72. The molecule has 1 saturated carbocycles. The van der Waals surface area contributed by atoms with Gasteiger partial charge in [-0.25, -0.2) is 13.4 Å². The summed E-state index contributed by atoms with van der Waals surface area (Å²) in [6, 6.07) is 0.106. The van der Waals surface area contributed by atoms with Crippen molar-refractivity contribution in [1.82, 2.24) is 19.2 Å². The number of amides is 1. The van der Waals surface area contributed by atoms with Crippen LogP contribution in [0.2, 0.25) is 0 Å².